The average Bonchev–Trinajstić information content (AvgIpc) is 3.77. The summed E-state index contributed by atoms with van der Waals surface area (Å²) in [5.74, 6) is 0.705. The number of hydrogen-bond acceptors (Lipinski definition) is 1. The second-order valence-corrected chi connectivity index (χ2v) is 13.0. The number of pyridine rings is 1. The molecule has 44 heavy (non-hydrogen) atoms. The van der Waals surface area contributed by atoms with Crippen LogP contribution in [-0.4, -0.2) is 4.98 Å². The molecular formula is C43H47N. The van der Waals surface area contributed by atoms with Crippen LogP contribution in [0.4, 0.5) is 0 Å². The van der Waals surface area contributed by atoms with E-state index in [0.29, 0.717) is 5.92 Å². The van der Waals surface area contributed by atoms with Crippen LogP contribution in [0.3, 0.4) is 0 Å². The maximum absolute atomic E-state index is 4.83. The van der Waals surface area contributed by atoms with E-state index in [4.69, 9.17) is 4.98 Å². The van der Waals surface area contributed by atoms with Gasteiger partial charge in [0.15, 0.2) is 0 Å². The van der Waals surface area contributed by atoms with E-state index in [9.17, 15) is 0 Å². The third-order valence-corrected chi connectivity index (χ3v) is 10.1. The van der Waals surface area contributed by atoms with E-state index >= 15 is 0 Å². The van der Waals surface area contributed by atoms with E-state index in [1.54, 1.807) is 0 Å². The van der Waals surface area contributed by atoms with Crippen molar-refractivity contribution in [2.75, 3.05) is 0 Å². The fraction of sp³-hybridized carbons (Fsp3) is 0.326. The van der Waals surface area contributed by atoms with Crippen LogP contribution in [-0.2, 0) is 18.3 Å². The molecule has 0 spiro atoms. The second-order valence-electron chi connectivity index (χ2n) is 13.0. The predicted octanol–water partition coefficient (Wildman–Crippen LogP) is 12.1. The smallest absolute Gasteiger partial charge is 0.0705 e. The van der Waals surface area contributed by atoms with Gasteiger partial charge in [0.2, 0.25) is 0 Å². The molecule has 1 saturated carbocycles. The maximum atomic E-state index is 4.83. The molecule has 224 valence electrons. The summed E-state index contributed by atoms with van der Waals surface area (Å²) in [5, 5.41) is 0. The van der Waals surface area contributed by atoms with E-state index in [2.05, 4.69) is 125 Å². The van der Waals surface area contributed by atoms with E-state index < -0.39 is 0 Å². The van der Waals surface area contributed by atoms with E-state index in [1.165, 1.54) is 87.7 Å². The lowest BCUT2D eigenvalue weighted by atomic mass is 9.84. The first-order chi connectivity index (χ1) is 21.5. The molecule has 1 heteroatoms. The van der Waals surface area contributed by atoms with Crippen LogP contribution in [0.25, 0.3) is 44.6 Å². The lowest BCUT2D eigenvalue weighted by Gasteiger charge is -2.21. The van der Waals surface area contributed by atoms with Gasteiger partial charge in [-0.1, -0.05) is 107 Å². The van der Waals surface area contributed by atoms with Gasteiger partial charge in [-0.2, -0.15) is 0 Å². The minimum atomic E-state index is 0.261. The number of nitrogens with zero attached hydrogens (tertiary/aromatic N) is 1. The van der Waals surface area contributed by atoms with Crippen molar-refractivity contribution in [3.05, 3.63) is 126 Å². The highest BCUT2D eigenvalue weighted by Gasteiger charge is 2.51. The van der Waals surface area contributed by atoms with Gasteiger partial charge in [0, 0.05) is 11.8 Å². The van der Waals surface area contributed by atoms with Gasteiger partial charge >= 0.3 is 0 Å². The van der Waals surface area contributed by atoms with Gasteiger partial charge < -0.3 is 0 Å². The SMILES string of the molecule is CCCCc1ccc(-c2cc(-c3ccc(CCCC)cc3)cc(-c3ccc(C4(CC)C[C@@H]4C)c(-c4ccccn4)c3)c2)cc1. The van der Waals surface area contributed by atoms with Crippen molar-refractivity contribution in [1.82, 2.24) is 4.98 Å². The molecule has 4 aromatic carbocycles. The zero-order chi connectivity index (χ0) is 30.5. The van der Waals surface area contributed by atoms with Gasteiger partial charge in [-0.25, -0.2) is 0 Å². The molecule has 1 aliphatic carbocycles. The van der Waals surface area contributed by atoms with Crippen LogP contribution in [0.1, 0.15) is 82.9 Å². The van der Waals surface area contributed by atoms with Gasteiger partial charge in [-0.15, -0.1) is 0 Å². The van der Waals surface area contributed by atoms with E-state index in [1.807, 2.05) is 12.3 Å². The van der Waals surface area contributed by atoms with Crippen LogP contribution in [0.5, 0.6) is 0 Å². The van der Waals surface area contributed by atoms with Gasteiger partial charge in [-0.3, -0.25) is 4.98 Å². The zero-order valence-electron chi connectivity index (χ0n) is 27.1. The lowest BCUT2D eigenvalue weighted by molar-refractivity contribution is 0.608. The molecule has 1 heterocycles. The molecule has 1 aliphatic rings. The van der Waals surface area contributed by atoms with Crippen LogP contribution in [0, 0.1) is 5.92 Å². The molecule has 0 bridgehead atoms. The first kappa shape index (κ1) is 30.1. The third-order valence-electron chi connectivity index (χ3n) is 10.1. The number of benzene rings is 4. The summed E-state index contributed by atoms with van der Waals surface area (Å²) in [4.78, 5) is 4.83. The summed E-state index contributed by atoms with van der Waals surface area (Å²) in [5.41, 5.74) is 14.5. The fourth-order valence-corrected chi connectivity index (χ4v) is 7.06. The first-order valence-corrected chi connectivity index (χ1v) is 16.9. The highest BCUT2D eigenvalue weighted by molar-refractivity contribution is 5.83. The lowest BCUT2D eigenvalue weighted by Crippen LogP contribution is -2.10. The van der Waals surface area contributed by atoms with Crippen LogP contribution in [0.2, 0.25) is 0 Å². The highest BCUT2D eigenvalue weighted by Crippen LogP contribution is 2.58. The summed E-state index contributed by atoms with van der Waals surface area (Å²) in [7, 11) is 0. The summed E-state index contributed by atoms with van der Waals surface area (Å²) < 4.78 is 0. The molecule has 1 aromatic heterocycles. The van der Waals surface area contributed by atoms with Crippen molar-refractivity contribution in [2.24, 2.45) is 5.92 Å². The molecule has 1 nitrogen and oxygen atoms in total. The van der Waals surface area contributed by atoms with Crippen LogP contribution < -0.4 is 0 Å². The van der Waals surface area contributed by atoms with Crippen molar-refractivity contribution in [3.8, 4) is 44.6 Å². The first-order valence-electron chi connectivity index (χ1n) is 16.9. The van der Waals surface area contributed by atoms with Gasteiger partial charge in [0.25, 0.3) is 0 Å². The molecule has 0 aliphatic heterocycles. The Morgan fingerprint density at radius 2 is 1.14 bits per heavy atom. The Balaban J connectivity index is 1.46. The molecule has 6 rings (SSSR count). The fourth-order valence-electron chi connectivity index (χ4n) is 7.06. The molecule has 1 fully saturated rings. The zero-order valence-corrected chi connectivity index (χ0v) is 27.1. The summed E-state index contributed by atoms with van der Waals surface area (Å²) in [6.07, 6.45) is 11.6. The maximum Gasteiger partial charge on any atom is 0.0705 e. The largest absolute Gasteiger partial charge is 0.256 e. The molecule has 0 saturated heterocycles. The molecule has 1 unspecified atom stereocenters. The Morgan fingerprint density at radius 1 is 0.614 bits per heavy atom. The Hall–Kier alpha value is -3.97. The van der Waals surface area contributed by atoms with Crippen LogP contribution in [0.15, 0.2) is 109 Å². The van der Waals surface area contributed by atoms with Crippen LogP contribution >= 0.6 is 0 Å². The van der Waals surface area contributed by atoms with Gasteiger partial charge in [-0.05, 0) is 136 Å². The topological polar surface area (TPSA) is 12.9 Å². The third kappa shape index (κ3) is 6.29. The number of aromatic nitrogens is 1. The molecule has 0 amide bonds. The Morgan fingerprint density at radius 3 is 1.59 bits per heavy atom. The quantitative estimate of drug-likeness (QED) is 0.144. The molecule has 2 atom stereocenters. The van der Waals surface area contributed by atoms with Crippen molar-refractivity contribution < 1.29 is 0 Å². The predicted molar refractivity (Wildman–Crippen MR) is 189 cm³/mol. The number of aryl methyl sites for hydroxylation is 2. The minimum Gasteiger partial charge on any atom is -0.256 e. The summed E-state index contributed by atoms with van der Waals surface area (Å²) in [6, 6.07) is 39.1. The summed E-state index contributed by atoms with van der Waals surface area (Å²) >= 11 is 0. The van der Waals surface area contributed by atoms with E-state index in [-0.39, 0.29) is 5.41 Å². The van der Waals surface area contributed by atoms with Crippen molar-refractivity contribution >= 4 is 0 Å². The normalized spacial score (nSPS) is 17.5. The molecule has 0 N–H and O–H groups in total. The van der Waals surface area contributed by atoms with Crippen molar-refractivity contribution in [2.45, 2.75) is 84.5 Å². The number of hydrogen-bond donors (Lipinski definition) is 0. The minimum absolute atomic E-state index is 0.261. The highest BCUT2D eigenvalue weighted by atomic mass is 14.7. The molecule has 5 aromatic rings. The Labute approximate surface area is 265 Å². The molecular weight excluding hydrogens is 530 g/mol. The van der Waals surface area contributed by atoms with Gasteiger partial charge in [0.1, 0.15) is 0 Å². The standard InChI is InChI=1S/C43H47N/c1-5-8-12-32-15-19-34(20-16-32)37-26-38(35-21-17-33(18-22-35)13-9-6-2)28-39(27-37)36-23-24-41(43(7-3)30-31(43)4)40(29-36)42-14-10-11-25-44-42/h10-11,14-29,31H,5-9,12-13,30H2,1-4H3/t31-,43?/m0/s1. The second kappa shape index (κ2) is 13.3. The number of unbranched alkanes of at least 4 members (excludes halogenated alkanes) is 2. The van der Waals surface area contributed by atoms with Crippen molar-refractivity contribution in [3.63, 3.8) is 0 Å². The Kier molecular flexibility index (Phi) is 9.12. The Bertz CT molecular complexity index is 1610. The van der Waals surface area contributed by atoms with Crippen molar-refractivity contribution in [1.29, 1.82) is 0 Å². The summed E-state index contributed by atoms with van der Waals surface area (Å²) in [6.45, 7) is 9.26. The number of rotatable bonds is 12. The van der Waals surface area contributed by atoms with E-state index in [0.717, 1.165) is 25.0 Å². The average molecular weight is 578 g/mol. The van der Waals surface area contributed by atoms with Gasteiger partial charge in [0.05, 0.1) is 5.69 Å². The monoisotopic (exact) mass is 577 g/mol. The molecule has 0 radical (unpaired) electrons.